The zero-order chi connectivity index (χ0) is 23.3. The van der Waals surface area contributed by atoms with E-state index in [9.17, 15) is 14.4 Å². The molecule has 168 valence electrons. The van der Waals surface area contributed by atoms with Crippen molar-refractivity contribution in [2.24, 2.45) is 0 Å². The van der Waals surface area contributed by atoms with Crippen molar-refractivity contribution in [2.45, 2.75) is 10.9 Å². The number of rotatable bonds is 8. The number of ether oxygens (including phenoxy) is 3. The fourth-order valence-electron chi connectivity index (χ4n) is 2.63. The number of carbonyl (C=O) groups is 2. The van der Waals surface area contributed by atoms with Gasteiger partial charge in [0, 0.05) is 5.56 Å². The van der Waals surface area contributed by atoms with Gasteiger partial charge in [-0.1, -0.05) is 11.8 Å². The summed E-state index contributed by atoms with van der Waals surface area (Å²) >= 11 is 1.13. The van der Waals surface area contributed by atoms with Crippen LogP contribution in [-0.2, 0) is 10.5 Å². The summed E-state index contributed by atoms with van der Waals surface area (Å²) in [6.45, 7) is 0. The van der Waals surface area contributed by atoms with E-state index < -0.39 is 17.4 Å². The molecule has 0 saturated heterocycles. The van der Waals surface area contributed by atoms with Crippen molar-refractivity contribution >= 4 is 35.1 Å². The molecule has 0 spiro atoms. The summed E-state index contributed by atoms with van der Waals surface area (Å²) < 4.78 is 20.3. The van der Waals surface area contributed by atoms with Gasteiger partial charge in [0.15, 0.2) is 22.5 Å². The largest absolute Gasteiger partial charge is 0.493 e. The third kappa shape index (κ3) is 5.03. The molecule has 0 aliphatic heterocycles. The van der Waals surface area contributed by atoms with Gasteiger partial charge in [0.05, 0.1) is 27.1 Å². The summed E-state index contributed by atoms with van der Waals surface area (Å²) in [4.78, 5) is 43.1. The van der Waals surface area contributed by atoms with Crippen LogP contribution in [0.3, 0.4) is 0 Å². The Kier molecular flexibility index (Phi) is 7.05. The van der Waals surface area contributed by atoms with Crippen molar-refractivity contribution < 1.29 is 28.2 Å². The number of benzene rings is 1. The molecular formula is C20H20N4O7S. The lowest BCUT2D eigenvalue weighted by Gasteiger charge is -2.11. The molecule has 0 unspecified atom stereocenters. The number of esters is 1. The van der Waals surface area contributed by atoms with Crippen LogP contribution in [-0.4, -0.2) is 43.2 Å². The van der Waals surface area contributed by atoms with Crippen LogP contribution < -0.4 is 26.1 Å². The van der Waals surface area contributed by atoms with E-state index in [1.54, 1.807) is 12.1 Å². The van der Waals surface area contributed by atoms with Crippen LogP contribution in [0.1, 0.15) is 26.7 Å². The van der Waals surface area contributed by atoms with Crippen molar-refractivity contribution in [1.29, 1.82) is 0 Å². The van der Waals surface area contributed by atoms with Crippen LogP contribution in [0.5, 0.6) is 11.5 Å². The van der Waals surface area contributed by atoms with Gasteiger partial charge < -0.3 is 29.7 Å². The van der Waals surface area contributed by atoms with Gasteiger partial charge in [-0.2, -0.15) is 0 Å². The Hall–Kier alpha value is -3.93. The number of H-pyrrole nitrogens is 1. The fraction of sp³-hybridized carbons (Fsp3) is 0.200. The number of aromatic nitrogens is 2. The molecule has 1 aromatic carbocycles. The summed E-state index contributed by atoms with van der Waals surface area (Å²) in [5, 5.41) is 2.68. The molecule has 0 fully saturated rings. The molecule has 2 heterocycles. The highest BCUT2D eigenvalue weighted by molar-refractivity contribution is 7.98. The highest BCUT2D eigenvalue weighted by Gasteiger charge is 2.17. The molecular weight excluding hydrogens is 440 g/mol. The lowest BCUT2D eigenvalue weighted by molar-refractivity contribution is 0.0563. The molecule has 32 heavy (non-hydrogen) atoms. The zero-order valence-electron chi connectivity index (χ0n) is 17.4. The second kappa shape index (κ2) is 9.92. The molecule has 1 amide bonds. The number of furan rings is 1. The SMILES string of the molecule is COC(=O)c1ccc(CSc2nc(N)c(NC(=O)c3ccc(OC)c(OC)c3)c(=O)[nH]2)o1. The van der Waals surface area contributed by atoms with Crippen molar-refractivity contribution in [3.63, 3.8) is 0 Å². The number of aromatic amines is 1. The minimum absolute atomic E-state index is 0.0669. The third-order valence-corrected chi connectivity index (χ3v) is 5.10. The highest BCUT2D eigenvalue weighted by Crippen LogP contribution is 2.28. The van der Waals surface area contributed by atoms with Gasteiger partial charge in [-0.25, -0.2) is 9.78 Å². The Bertz CT molecular complexity index is 1200. The first-order valence-electron chi connectivity index (χ1n) is 9.09. The van der Waals surface area contributed by atoms with E-state index in [1.807, 2.05) is 0 Å². The van der Waals surface area contributed by atoms with Crippen molar-refractivity contribution in [2.75, 3.05) is 32.4 Å². The summed E-state index contributed by atoms with van der Waals surface area (Å²) in [6.07, 6.45) is 0. The fourth-order valence-corrected chi connectivity index (χ4v) is 3.39. The Morgan fingerprint density at radius 2 is 1.91 bits per heavy atom. The first-order valence-corrected chi connectivity index (χ1v) is 10.1. The molecule has 3 aromatic rings. The Morgan fingerprint density at radius 3 is 2.56 bits per heavy atom. The number of amides is 1. The molecule has 4 N–H and O–H groups in total. The van der Waals surface area contributed by atoms with Crippen molar-refractivity contribution in [3.8, 4) is 11.5 Å². The first-order chi connectivity index (χ1) is 15.4. The van der Waals surface area contributed by atoms with Gasteiger partial charge in [0.2, 0.25) is 5.76 Å². The van der Waals surface area contributed by atoms with E-state index >= 15 is 0 Å². The van der Waals surface area contributed by atoms with E-state index in [0.717, 1.165) is 11.8 Å². The summed E-state index contributed by atoms with van der Waals surface area (Å²) in [5.74, 6) is 0.318. The number of hydrogen-bond acceptors (Lipinski definition) is 10. The van der Waals surface area contributed by atoms with Gasteiger partial charge in [-0.05, 0) is 30.3 Å². The van der Waals surface area contributed by atoms with Crippen molar-refractivity contribution in [3.05, 3.63) is 57.8 Å². The van der Waals surface area contributed by atoms with Crippen LogP contribution in [0, 0.1) is 0 Å². The Morgan fingerprint density at radius 1 is 1.16 bits per heavy atom. The van der Waals surface area contributed by atoms with Gasteiger partial charge in [0.25, 0.3) is 11.5 Å². The van der Waals surface area contributed by atoms with Gasteiger partial charge in [0.1, 0.15) is 11.4 Å². The minimum Gasteiger partial charge on any atom is -0.493 e. The molecule has 0 radical (unpaired) electrons. The lowest BCUT2D eigenvalue weighted by Crippen LogP contribution is -2.23. The second-order valence-electron chi connectivity index (χ2n) is 6.20. The molecule has 0 saturated carbocycles. The normalized spacial score (nSPS) is 10.5. The quantitative estimate of drug-likeness (QED) is 0.259. The average molecular weight is 460 g/mol. The maximum Gasteiger partial charge on any atom is 0.373 e. The predicted molar refractivity (Wildman–Crippen MR) is 116 cm³/mol. The average Bonchev–Trinajstić information content (AvgIpc) is 3.28. The molecule has 0 bridgehead atoms. The highest BCUT2D eigenvalue weighted by atomic mass is 32.2. The standard InChI is InChI=1S/C20H20N4O7S/c1-28-12-6-4-10(8-14(12)29-2)17(25)22-15-16(21)23-20(24-18(15)26)32-9-11-5-7-13(31-11)19(27)30-3/h4-8H,9H2,1-3H3,(H,22,25)(H3,21,23,24,26). The number of methoxy groups -OCH3 is 3. The number of nitrogens with zero attached hydrogens (tertiary/aromatic N) is 1. The van der Waals surface area contributed by atoms with E-state index in [0.29, 0.717) is 17.3 Å². The van der Waals surface area contributed by atoms with Crippen LogP contribution in [0.25, 0.3) is 0 Å². The van der Waals surface area contributed by atoms with E-state index in [-0.39, 0.29) is 33.7 Å². The van der Waals surface area contributed by atoms with Crippen molar-refractivity contribution in [1.82, 2.24) is 9.97 Å². The van der Waals surface area contributed by atoms with Gasteiger partial charge in [-0.15, -0.1) is 0 Å². The maximum absolute atomic E-state index is 12.6. The smallest absolute Gasteiger partial charge is 0.373 e. The number of thioether (sulfide) groups is 1. The molecule has 12 heteroatoms. The van der Waals surface area contributed by atoms with Crippen LogP contribution >= 0.6 is 11.8 Å². The van der Waals surface area contributed by atoms with Gasteiger partial charge >= 0.3 is 5.97 Å². The molecule has 0 atom stereocenters. The number of carbonyl (C=O) groups excluding carboxylic acids is 2. The first kappa shape index (κ1) is 22.7. The van der Waals surface area contributed by atoms with Gasteiger partial charge in [-0.3, -0.25) is 14.6 Å². The van der Waals surface area contributed by atoms with E-state index in [4.69, 9.17) is 19.6 Å². The van der Waals surface area contributed by atoms with Crippen LogP contribution in [0.4, 0.5) is 11.5 Å². The van der Waals surface area contributed by atoms with E-state index in [1.165, 1.54) is 39.5 Å². The minimum atomic E-state index is -0.622. The zero-order valence-corrected chi connectivity index (χ0v) is 18.2. The molecule has 0 aliphatic carbocycles. The molecule has 2 aromatic heterocycles. The number of nitrogens with one attached hydrogen (secondary N) is 2. The summed E-state index contributed by atoms with van der Waals surface area (Å²) in [5.41, 5.74) is 5.33. The monoisotopic (exact) mass is 460 g/mol. The van der Waals surface area contributed by atoms with Crippen LogP contribution in [0.15, 0.2) is 44.7 Å². The number of nitrogen functional groups attached to an aromatic ring is 1. The van der Waals surface area contributed by atoms with E-state index in [2.05, 4.69) is 20.0 Å². The summed E-state index contributed by atoms with van der Waals surface area (Å²) in [7, 11) is 4.18. The topological polar surface area (TPSA) is 159 Å². The Labute approximate surface area is 186 Å². The maximum atomic E-state index is 12.6. The number of anilines is 2. The third-order valence-electron chi connectivity index (χ3n) is 4.21. The summed E-state index contributed by atoms with van der Waals surface area (Å²) in [6, 6.07) is 7.66. The molecule has 0 aliphatic rings. The molecule has 11 nitrogen and oxygen atoms in total. The lowest BCUT2D eigenvalue weighted by atomic mass is 10.2. The predicted octanol–water partition coefficient (Wildman–Crippen LogP) is 2.29. The Balaban J connectivity index is 1.72. The number of hydrogen-bond donors (Lipinski definition) is 3. The molecule has 3 rings (SSSR count). The number of nitrogens with two attached hydrogens (primary N) is 1. The van der Waals surface area contributed by atoms with Crippen LogP contribution in [0.2, 0.25) is 0 Å². The second-order valence-corrected chi connectivity index (χ2v) is 7.17.